The van der Waals surface area contributed by atoms with Crippen molar-refractivity contribution in [1.82, 2.24) is 14.6 Å². The molecule has 1 aliphatic rings. The Kier molecular flexibility index (Phi) is 5.89. The molecule has 1 saturated heterocycles. The Morgan fingerprint density at radius 2 is 2.04 bits per heavy atom. The van der Waals surface area contributed by atoms with Crippen LogP contribution in [0.25, 0.3) is 0 Å². The van der Waals surface area contributed by atoms with Crippen LogP contribution in [0.5, 0.6) is 0 Å². The summed E-state index contributed by atoms with van der Waals surface area (Å²) < 4.78 is 27.9. The molecule has 8 heteroatoms. The normalized spacial score (nSPS) is 17.2. The van der Waals surface area contributed by atoms with Gasteiger partial charge < -0.3 is 0 Å². The third-order valence-corrected chi connectivity index (χ3v) is 7.34. The second-order valence-corrected chi connectivity index (χ2v) is 9.66. The van der Waals surface area contributed by atoms with Crippen LogP contribution in [0.4, 0.5) is 0 Å². The topological polar surface area (TPSA) is 62.3 Å². The van der Waals surface area contributed by atoms with E-state index in [1.165, 1.54) is 0 Å². The van der Waals surface area contributed by atoms with Gasteiger partial charge >= 0.3 is 0 Å². The molecule has 2 aromatic rings. The Labute approximate surface area is 151 Å². The van der Waals surface area contributed by atoms with Crippen LogP contribution in [0, 0.1) is 5.92 Å². The number of likely N-dealkylation sites (tertiary alicyclic amines) is 1. The van der Waals surface area contributed by atoms with E-state index in [-0.39, 0.29) is 4.21 Å². The zero-order chi connectivity index (χ0) is 17.0. The van der Waals surface area contributed by atoms with Crippen molar-refractivity contribution in [1.29, 1.82) is 0 Å². The summed E-state index contributed by atoms with van der Waals surface area (Å²) in [6, 6.07) is 9.11. The molecule has 24 heavy (non-hydrogen) atoms. The molecule has 0 amide bonds. The van der Waals surface area contributed by atoms with Crippen molar-refractivity contribution in [2.45, 2.75) is 23.6 Å². The molecule has 0 aromatic carbocycles. The van der Waals surface area contributed by atoms with Crippen molar-refractivity contribution in [2.75, 3.05) is 19.6 Å². The van der Waals surface area contributed by atoms with E-state index >= 15 is 0 Å². The maximum absolute atomic E-state index is 12.2. The first-order valence-electron chi connectivity index (χ1n) is 7.90. The molecule has 1 aliphatic heterocycles. The van der Waals surface area contributed by atoms with E-state index in [4.69, 9.17) is 11.6 Å². The average Bonchev–Trinajstić information content (AvgIpc) is 3.03. The SMILES string of the molecule is O=S(=O)(NCC1CCN(Cc2ccccn2)CC1)c1ccc(Cl)s1. The summed E-state index contributed by atoms with van der Waals surface area (Å²) in [6.45, 7) is 3.27. The minimum absolute atomic E-state index is 0.278. The Bertz CT molecular complexity index is 757. The van der Waals surface area contributed by atoms with Gasteiger partial charge in [0, 0.05) is 19.3 Å². The van der Waals surface area contributed by atoms with Crippen LogP contribution < -0.4 is 4.72 Å². The van der Waals surface area contributed by atoms with Gasteiger partial charge in [0.15, 0.2) is 0 Å². The number of hydrogen-bond acceptors (Lipinski definition) is 5. The van der Waals surface area contributed by atoms with Crippen LogP contribution >= 0.6 is 22.9 Å². The number of sulfonamides is 1. The van der Waals surface area contributed by atoms with E-state index < -0.39 is 10.0 Å². The third-order valence-electron chi connectivity index (χ3n) is 4.19. The fraction of sp³-hybridized carbons (Fsp3) is 0.438. The Morgan fingerprint density at radius 1 is 1.25 bits per heavy atom. The lowest BCUT2D eigenvalue weighted by Crippen LogP contribution is -2.38. The van der Waals surface area contributed by atoms with E-state index in [0.29, 0.717) is 16.8 Å². The molecule has 1 fully saturated rings. The van der Waals surface area contributed by atoms with Gasteiger partial charge in [-0.15, -0.1) is 11.3 Å². The minimum atomic E-state index is -3.44. The number of halogens is 1. The summed E-state index contributed by atoms with van der Waals surface area (Å²) in [4.78, 5) is 6.72. The summed E-state index contributed by atoms with van der Waals surface area (Å²) in [5.41, 5.74) is 1.08. The first-order chi connectivity index (χ1) is 11.5. The van der Waals surface area contributed by atoms with E-state index in [0.717, 1.165) is 49.5 Å². The summed E-state index contributed by atoms with van der Waals surface area (Å²) >= 11 is 6.90. The molecule has 3 rings (SSSR count). The van der Waals surface area contributed by atoms with Crippen LogP contribution in [-0.2, 0) is 16.6 Å². The first-order valence-corrected chi connectivity index (χ1v) is 10.6. The van der Waals surface area contributed by atoms with Crippen molar-refractivity contribution < 1.29 is 8.42 Å². The molecular weight excluding hydrogens is 366 g/mol. The minimum Gasteiger partial charge on any atom is -0.297 e. The predicted octanol–water partition coefficient (Wildman–Crippen LogP) is 2.99. The van der Waals surface area contributed by atoms with Gasteiger partial charge in [-0.25, -0.2) is 13.1 Å². The highest BCUT2D eigenvalue weighted by Crippen LogP contribution is 2.26. The van der Waals surface area contributed by atoms with Crippen molar-refractivity contribution in [3.8, 4) is 0 Å². The molecule has 0 atom stereocenters. The summed E-state index contributed by atoms with van der Waals surface area (Å²) in [5, 5.41) is 0. The molecule has 130 valence electrons. The molecule has 0 aliphatic carbocycles. The monoisotopic (exact) mass is 385 g/mol. The third kappa shape index (κ3) is 4.77. The molecule has 0 saturated carbocycles. The number of piperidine rings is 1. The van der Waals surface area contributed by atoms with Gasteiger partial charge in [0.2, 0.25) is 10.0 Å². The molecule has 0 spiro atoms. The highest BCUT2D eigenvalue weighted by Gasteiger charge is 2.23. The lowest BCUT2D eigenvalue weighted by Gasteiger charge is -2.31. The number of nitrogens with zero attached hydrogens (tertiary/aromatic N) is 2. The van der Waals surface area contributed by atoms with Gasteiger partial charge in [0.05, 0.1) is 10.0 Å². The largest absolute Gasteiger partial charge is 0.297 e. The van der Waals surface area contributed by atoms with E-state index in [1.54, 1.807) is 12.1 Å². The molecule has 3 heterocycles. The van der Waals surface area contributed by atoms with Gasteiger partial charge in [-0.05, 0) is 56.1 Å². The highest BCUT2D eigenvalue weighted by atomic mass is 35.5. The second-order valence-electron chi connectivity index (χ2n) is 5.95. The molecule has 1 N–H and O–H groups in total. The number of nitrogens with one attached hydrogen (secondary N) is 1. The Hall–Kier alpha value is -0.990. The predicted molar refractivity (Wildman–Crippen MR) is 96.8 cm³/mol. The van der Waals surface area contributed by atoms with Gasteiger partial charge in [-0.2, -0.15) is 0 Å². The van der Waals surface area contributed by atoms with E-state index in [2.05, 4.69) is 14.6 Å². The maximum atomic E-state index is 12.2. The lowest BCUT2D eigenvalue weighted by molar-refractivity contribution is 0.177. The Balaban J connectivity index is 1.46. The van der Waals surface area contributed by atoms with Gasteiger partial charge in [-0.1, -0.05) is 17.7 Å². The fourth-order valence-electron chi connectivity index (χ4n) is 2.81. The zero-order valence-corrected chi connectivity index (χ0v) is 15.6. The Morgan fingerprint density at radius 3 is 2.67 bits per heavy atom. The smallest absolute Gasteiger partial charge is 0.250 e. The number of thiophene rings is 1. The molecule has 5 nitrogen and oxygen atoms in total. The molecule has 0 unspecified atom stereocenters. The summed E-state index contributed by atoms with van der Waals surface area (Å²) in [6.07, 6.45) is 3.79. The number of pyridine rings is 1. The van der Waals surface area contributed by atoms with Crippen molar-refractivity contribution in [3.63, 3.8) is 0 Å². The molecular formula is C16H20ClN3O2S2. The average molecular weight is 386 g/mol. The fourth-order valence-corrected chi connectivity index (χ4v) is 5.45. The maximum Gasteiger partial charge on any atom is 0.250 e. The van der Waals surface area contributed by atoms with Crippen LogP contribution in [0.1, 0.15) is 18.5 Å². The number of rotatable bonds is 6. The van der Waals surface area contributed by atoms with Crippen molar-refractivity contribution in [3.05, 3.63) is 46.6 Å². The van der Waals surface area contributed by atoms with E-state index in [9.17, 15) is 8.42 Å². The molecule has 0 radical (unpaired) electrons. The van der Waals surface area contributed by atoms with E-state index in [1.807, 2.05) is 24.4 Å². The second kappa shape index (κ2) is 7.93. The number of hydrogen-bond donors (Lipinski definition) is 1. The van der Waals surface area contributed by atoms with Gasteiger partial charge in [0.25, 0.3) is 0 Å². The molecule has 2 aromatic heterocycles. The van der Waals surface area contributed by atoms with Crippen LogP contribution in [0.3, 0.4) is 0 Å². The summed E-state index contributed by atoms with van der Waals surface area (Å²) in [7, 11) is -3.44. The number of aromatic nitrogens is 1. The van der Waals surface area contributed by atoms with Gasteiger partial charge in [0.1, 0.15) is 4.21 Å². The van der Waals surface area contributed by atoms with Crippen LogP contribution in [0.15, 0.2) is 40.7 Å². The first kappa shape index (κ1) is 17.8. The van der Waals surface area contributed by atoms with Gasteiger partial charge in [-0.3, -0.25) is 9.88 Å². The van der Waals surface area contributed by atoms with Crippen LogP contribution in [-0.4, -0.2) is 37.9 Å². The zero-order valence-electron chi connectivity index (χ0n) is 13.2. The quantitative estimate of drug-likeness (QED) is 0.830. The molecule has 0 bridgehead atoms. The highest BCUT2D eigenvalue weighted by molar-refractivity contribution is 7.91. The standard InChI is InChI=1S/C16H20ClN3O2S2/c17-15-4-5-16(23-15)24(21,22)19-11-13-6-9-20(10-7-13)12-14-3-1-2-8-18-14/h1-5,8,13,19H,6-7,9-12H2. The van der Waals surface area contributed by atoms with Crippen molar-refractivity contribution >= 4 is 33.0 Å². The lowest BCUT2D eigenvalue weighted by atomic mass is 9.97. The van der Waals surface area contributed by atoms with Crippen LogP contribution in [0.2, 0.25) is 4.34 Å². The summed E-state index contributed by atoms with van der Waals surface area (Å²) in [5.74, 6) is 0.371. The van der Waals surface area contributed by atoms with Crippen molar-refractivity contribution in [2.24, 2.45) is 5.92 Å².